The molecule has 1 aliphatic heterocycles. The number of aromatic nitrogens is 4. The predicted molar refractivity (Wildman–Crippen MR) is 194 cm³/mol. The van der Waals surface area contributed by atoms with Gasteiger partial charge in [0.25, 0.3) is 5.56 Å². The van der Waals surface area contributed by atoms with Crippen molar-refractivity contribution in [3.05, 3.63) is 79.9 Å². The Balaban J connectivity index is 1.13. The Kier molecular flexibility index (Phi) is 9.86. The summed E-state index contributed by atoms with van der Waals surface area (Å²) in [5.74, 6) is 5.89. The minimum atomic E-state index is -4.63. The number of carboxylic acid groups (broad SMARTS) is 1. The Bertz CT molecular complexity index is 2420. The van der Waals surface area contributed by atoms with E-state index in [0.29, 0.717) is 82.3 Å². The van der Waals surface area contributed by atoms with Crippen LogP contribution in [0.5, 0.6) is 0 Å². The number of pyridine rings is 2. The maximum atomic E-state index is 14.0. The topological polar surface area (TPSA) is 137 Å². The molecule has 0 bridgehead atoms. The molecule has 1 aliphatic carbocycles. The van der Waals surface area contributed by atoms with E-state index in [2.05, 4.69) is 42.5 Å². The van der Waals surface area contributed by atoms with Crippen molar-refractivity contribution in [3.8, 4) is 29.0 Å². The van der Waals surface area contributed by atoms with Crippen LogP contribution in [0.3, 0.4) is 0 Å². The highest BCUT2D eigenvalue weighted by Gasteiger charge is 2.43. The number of benzene rings is 1. The lowest BCUT2D eigenvalue weighted by atomic mass is 9.86. The maximum absolute atomic E-state index is 14.0. The zero-order valence-corrected chi connectivity index (χ0v) is 30.0. The summed E-state index contributed by atoms with van der Waals surface area (Å²) in [4.78, 5) is 43.3. The van der Waals surface area contributed by atoms with Crippen LogP contribution >= 0.6 is 22.9 Å². The van der Waals surface area contributed by atoms with Crippen LogP contribution in [0.25, 0.3) is 32.2 Å². The van der Waals surface area contributed by atoms with Gasteiger partial charge in [-0.1, -0.05) is 23.4 Å². The third-order valence-electron chi connectivity index (χ3n) is 9.97. The average Bonchev–Trinajstić information content (AvgIpc) is 3.55. The van der Waals surface area contributed by atoms with Gasteiger partial charge in [0.15, 0.2) is 0 Å². The zero-order valence-electron chi connectivity index (χ0n) is 28.4. The fraction of sp³-hybridized carbons (Fsp3) is 0.351. The minimum Gasteiger partial charge on any atom is -0.478 e. The summed E-state index contributed by atoms with van der Waals surface area (Å²) in [6.45, 7) is 3.01. The van der Waals surface area contributed by atoms with E-state index in [0.717, 1.165) is 5.56 Å². The van der Waals surface area contributed by atoms with Crippen molar-refractivity contribution in [1.29, 1.82) is 5.26 Å². The highest BCUT2D eigenvalue weighted by Crippen LogP contribution is 2.37. The lowest BCUT2D eigenvalue weighted by molar-refractivity contribution is -0.354. The second kappa shape index (κ2) is 14.4. The lowest BCUT2D eigenvalue weighted by Gasteiger charge is -2.46. The number of hydrogen-bond acceptors (Lipinski definition) is 10. The monoisotopic (exact) mass is 761 g/mol. The molecule has 4 aromatic heterocycles. The number of nitrogens with zero attached hydrogens (tertiary/aromatic N) is 7. The lowest BCUT2D eigenvalue weighted by Crippen LogP contribution is -2.54. The number of thiophene rings is 1. The number of ether oxygens (including phenoxy) is 1. The normalized spacial score (nSPS) is 18.0. The molecule has 1 aromatic carbocycles. The Morgan fingerprint density at radius 1 is 1.19 bits per heavy atom. The van der Waals surface area contributed by atoms with Crippen LogP contribution in [0.15, 0.2) is 46.8 Å². The van der Waals surface area contributed by atoms with Gasteiger partial charge >= 0.3 is 12.3 Å². The van der Waals surface area contributed by atoms with E-state index >= 15 is 0 Å². The summed E-state index contributed by atoms with van der Waals surface area (Å²) >= 11 is 7.65. The number of hydrogen-bond donors (Lipinski definition) is 1. The fourth-order valence-electron chi connectivity index (χ4n) is 7.16. The number of halogens is 4. The summed E-state index contributed by atoms with van der Waals surface area (Å²) in [7, 11) is 1.83. The van der Waals surface area contributed by atoms with Gasteiger partial charge in [-0.05, 0) is 56.9 Å². The largest absolute Gasteiger partial charge is 0.522 e. The Hall–Kier alpha value is -5.06. The number of fused-ring (bicyclic) bond motifs is 2. The molecule has 1 saturated carbocycles. The van der Waals surface area contributed by atoms with Gasteiger partial charge in [0.05, 0.1) is 45.5 Å². The van der Waals surface area contributed by atoms with Gasteiger partial charge in [0.2, 0.25) is 0 Å². The summed E-state index contributed by atoms with van der Waals surface area (Å²) < 4.78 is 43.9. The molecule has 2 aliphatic rings. The van der Waals surface area contributed by atoms with Crippen molar-refractivity contribution < 1.29 is 27.8 Å². The van der Waals surface area contributed by atoms with E-state index in [-0.39, 0.29) is 35.1 Å². The number of carboxylic acids is 1. The molecular weight excluding hydrogens is 731 g/mol. The number of carbonyl (C=O) groups is 1. The number of anilines is 1. The molecule has 0 radical (unpaired) electrons. The molecule has 0 amide bonds. The quantitative estimate of drug-likeness (QED) is 0.180. The molecule has 5 aromatic rings. The molecular formula is C37H31ClF3N7O4S. The molecule has 0 unspecified atom stereocenters. The molecule has 53 heavy (non-hydrogen) atoms. The number of aryl methyl sites for hydroxylation is 1. The molecule has 1 N–H and O–H groups in total. The van der Waals surface area contributed by atoms with Gasteiger partial charge < -0.3 is 14.9 Å². The van der Waals surface area contributed by atoms with Crippen molar-refractivity contribution in [2.24, 2.45) is 0 Å². The predicted octanol–water partition coefficient (Wildman–Crippen LogP) is 6.62. The maximum Gasteiger partial charge on any atom is 0.522 e. The van der Waals surface area contributed by atoms with E-state index in [1.807, 2.05) is 11.9 Å². The van der Waals surface area contributed by atoms with Crippen LogP contribution < -0.4 is 10.5 Å². The average molecular weight is 762 g/mol. The van der Waals surface area contributed by atoms with Crippen LogP contribution in [-0.4, -0.2) is 80.2 Å². The van der Waals surface area contributed by atoms with Gasteiger partial charge in [-0.25, -0.2) is 14.8 Å². The summed E-state index contributed by atoms with van der Waals surface area (Å²) in [6.07, 6.45) is -0.298. The standard InChI is InChI=1S/C37H31ClF3N7O4S/c1-20-45-30-18-44-34(46(2)23-8-12-47(13-9-23)24-15-25(16-24)52-37(39,40)41)28(17-42)31(30)35(49)48(20)11-3-4-21-5-6-22(38)14-27(21)26-7-10-43-32-29(36(50)51)19-53-33(26)32/h5-7,10,14,18-19,23-25H,8-9,11-13,15-16H2,1-2H3,(H,50,51). The van der Waals surface area contributed by atoms with Crippen molar-refractivity contribution in [3.63, 3.8) is 0 Å². The number of alkyl halides is 3. The Morgan fingerprint density at radius 2 is 1.94 bits per heavy atom. The SMILES string of the molecule is Cc1nc2cnc(N(C)C3CCN(C4CC(OC(F)(F)F)C4)CC3)c(C#N)c2c(=O)n1CC#Cc1ccc(Cl)cc1-c1ccnc2c(C(=O)O)csc12. The van der Waals surface area contributed by atoms with Crippen molar-refractivity contribution >= 4 is 55.8 Å². The van der Waals surface area contributed by atoms with Crippen LogP contribution in [-0.2, 0) is 11.3 Å². The number of aromatic carboxylic acids is 1. The summed E-state index contributed by atoms with van der Waals surface area (Å²) in [6, 6.07) is 9.21. The van der Waals surface area contributed by atoms with Crippen LogP contribution in [0.2, 0.25) is 5.02 Å². The molecule has 2 fully saturated rings. The number of likely N-dealkylation sites (tertiary alicyclic amines) is 1. The highest BCUT2D eigenvalue weighted by atomic mass is 35.5. The van der Waals surface area contributed by atoms with Gasteiger partial charge in [-0.15, -0.1) is 24.5 Å². The second-order valence-corrected chi connectivity index (χ2v) is 14.4. The third kappa shape index (κ3) is 7.18. The first-order valence-electron chi connectivity index (χ1n) is 16.7. The molecule has 7 rings (SSSR count). The van der Waals surface area contributed by atoms with Gasteiger partial charge in [0, 0.05) is 65.5 Å². The first kappa shape index (κ1) is 36.3. The molecule has 16 heteroatoms. The smallest absolute Gasteiger partial charge is 0.478 e. The minimum absolute atomic E-state index is 0.00260. The first-order valence-corrected chi connectivity index (χ1v) is 18.0. The number of nitriles is 1. The molecule has 1 saturated heterocycles. The van der Waals surface area contributed by atoms with Crippen LogP contribution in [0.1, 0.15) is 53.0 Å². The van der Waals surface area contributed by atoms with Crippen molar-refractivity contribution in [2.75, 3.05) is 25.0 Å². The summed E-state index contributed by atoms with van der Waals surface area (Å²) in [5.41, 5.74) is 2.45. The first-order chi connectivity index (χ1) is 25.3. The van der Waals surface area contributed by atoms with Crippen molar-refractivity contribution in [2.45, 2.75) is 63.7 Å². The van der Waals surface area contributed by atoms with Gasteiger partial charge in [-0.2, -0.15) is 5.26 Å². The van der Waals surface area contributed by atoms with Gasteiger partial charge in [0.1, 0.15) is 23.3 Å². The van der Waals surface area contributed by atoms with E-state index in [4.69, 9.17) is 11.6 Å². The Morgan fingerprint density at radius 3 is 2.64 bits per heavy atom. The zero-order chi connectivity index (χ0) is 37.6. The molecule has 0 spiro atoms. The van der Waals surface area contributed by atoms with E-state index < -0.39 is 24.0 Å². The molecule has 11 nitrogen and oxygen atoms in total. The Labute approximate surface area is 310 Å². The molecule has 0 atom stereocenters. The third-order valence-corrected chi connectivity index (χ3v) is 11.2. The van der Waals surface area contributed by atoms with E-state index in [1.165, 1.54) is 22.1 Å². The number of rotatable bonds is 7. The fourth-order valence-corrected chi connectivity index (χ4v) is 8.36. The van der Waals surface area contributed by atoms with Gasteiger partial charge in [-0.3, -0.25) is 19.1 Å². The van der Waals surface area contributed by atoms with Crippen LogP contribution in [0, 0.1) is 30.1 Å². The van der Waals surface area contributed by atoms with E-state index in [9.17, 15) is 33.1 Å². The highest BCUT2D eigenvalue weighted by molar-refractivity contribution is 7.18. The van der Waals surface area contributed by atoms with Crippen LogP contribution in [0.4, 0.5) is 19.0 Å². The number of piperidine rings is 1. The summed E-state index contributed by atoms with van der Waals surface area (Å²) in [5, 5.41) is 22.1. The second-order valence-electron chi connectivity index (χ2n) is 13.1. The van der Waals surface area contributed by atoms with Crippen molar-refractivity contribution in [1.82, 2.24) is 24.4 Å². The molecule has 272 valence electrons. The molecule has 5 heterocycles. The van der Waals surface area contributed by atoms with E-state index in [1.54, 1.807) is 42.8 Å².